The summed E-state index contributed by atoms with van der Waals surface area (Å²) in [5, 5.41) is 10.7. The van der Waals surface area contributed by atoms with Gasteiger partial charge in [-0.25, -0.2) is 4.79 Å². The number of non-ortho nitro benzene ring substituents is 1. The Balaban J connectivity index is 2.98. The molecule has 1 aromatic carbocycles. The molecule has 0 atom stereocenters. The van der Waals surface area contributed by atoms with Gasteiger partial charge in [0.05, 0.1) is 18.6 Å². The average molecular weight is 267 g/mol. The first-order valence-electron chi connectivity index (χ1n) is 5.50. The van der Waals surface area contributed by atoms with E-state index in [-0.39, 0.29) is 24.3 Å². The van der Waals surface area contributed by atoms with Gasteiger partial charge in [0.2, 0.25) is 5.78 Å². The third-order valence-electron chi connectivity index (χ3n) is 2.33. The van der Waals surface area contributed by atoms with Gasteiger partial charge in [-0.3, -0.25) is 14.9 Å². The van der Waals surface area contributed by atoms with Crippen LogP contribution in [0.25, 0.3) is 0 Å². The number of methoxy groups -OCH3 is 1. The summed E-state index contributed by atoms with van der Waals surface area (Å²) in [5.41, 5.74) is 0.0993. The third-order valence-corrected chi connectivity index (χ3v) is 2.33. The molecule has 0 aliphatic heterocycles. The topological polar surface area (TPSA) is 95.7 Å². The van der Waals surface area contributed by atoms with Crippen molar-refractivity contribution in [2.45, 2.75) is 13.3 Å². The lowest BCUT2D eigenvalue weighted by Gasteiger charge is -2.07. The summed E-state index contributed by atoms with van der Waals surface area (Å²) in [6.45, 7) is 1.68. The number of nitro groups is 1. The van der Waals surface area contributed by atoms with Crippen LogP contribution in [0.2, 0.25) is 0 Å². The van der Waals surface area contributed by atoms with Gasteiger partial charge in [-0.1, -0.05) is 0 Å². The van der Waals surface area contributed by atoms with Gasteiger partial charge in [-0.05, 0) is 13.0 Å². The highest BCUT2D eigenvalue weighted by Crippen LogP contribution is 2.24. The van der Waals surface area contributed by atoms with Crippen molar-refractivity contribution in [3.05, 3.63) is 33.9 Å². The number of ketones is 1. The Morgan fingerprint density at radius 3 is 2.58 bits per heavy atom. The zero-order valence-electron chi connectivity index (χ0n) is 10.5. The molecule has 1 aromatic rings. The quantitative estimate of drug-likeness (QED) is 0.333. The fourth-order valence-corrected chi connectivity index (χ4v) is 1.47. The van der Waals surface area contributed by atoms with Crippen molar-refractivity contribution in [3.8, 4) is 5.75 Å². The van der Waals surface area contributed by atoms with Crippen LogP contribution in [0.5, 0.6) is 5.75 Å². The number of Topliss-reactive ketones (excluding diaryl/α,β-unsaturated/α-hetero) is 1. The monoisotopic (exact) mass is 267 g/mol. The molecule has 0 unspecified atom stereocenters. The molecule has 0 amide bonds. The van der Waals surface area contributed by atoms with Crippen LogP contribution in [0.3, 0.4) is 0 Å². The van der Waals surface area contributed by atoms with Crippen molar-refractivity contribution in [1.82, 2.24) is 0 Å². The summed E-state index contributed by atoms with van der Waals surface area (Å²) in [6, 6.07) is 3.85. The van der Waals surface area contributed by atoms with E-state index in [2.05, 4.69) is 4.74 Å². The van der Waals surface area contributed by atoms with Crippen molar-refractivity contribution in [3.63, 3.8) is 0 Å². The first kappa shape index (κ1) is 14.6. The second-order valence-corrected chi connectivity index (χ2v) is 3.57. The highest BCUT2D eigenvalue weighted by atomic mass is 16.6. The fraction of sp³-hybridized carbons (Fsp3) is 0.333. The number of esters is 1. The number of benzene rings is 1. The smallest absolute Gasteiger partial charge is 0.374 e. The first-order valence-corrected chi connectivity index (χ1v) is 5.50. The van der Waals surface area contributed by atoms with E-state index in [4.69, 9.17) is 4.74 Å². The van der Waals surface area contributed by atoms with Crippen LogP contribution < -0.4 is 4.74 Å². The fourth-order valence-electron chi connectivity index (χ4n) is 1.47. The van der Waals surface area contributed by atoms with Gasteiger partial charge in [-0.15, -0.1) is 0 Å². The summed E-state index contributed by atoms with van der Waals surface area (Å²) in [7, 11) is 1.37. The summed E-state index contributed by atoms with van der Waals surface area (Å²) in [5.74, 6) is -1.43. The van der Waals surface area contributed by atoms with Crippen molar-refractivity contribution < 1.29 is 24.0 Å². The van der Waals surface area contributed by atoms with Gasteiger partial charge >= 0.3 is 5.97 Å². The Bertz CT molecular complexity index is 511. The van der Waals surface area contributed by atoms with E-state index in [9.17, 15) is 19.7 Å². The minimum atomic E-state index is -0.962. The van der Waals surface area contributed by atoms with Crippen LogP contribution in [-0.4, -0.2) is 30.4 Å². The van der Waals surface area contributed by atoms with Gasteiger partial charge < -0.3 is 9.47 Å². The van der Waals surface area contributed by atoms with Gasteiger partial charge in [0.25, 0.3) is 5.69 Å². The molecule has 0 heterocycles. The van der Waals surface area contributed by atoms with Gasteiger partial charge in [0.1, 0.15) is 5.75 Å². The summed E-state index contributed by atoms with van der Waals surface area (Å²) < 4.78 is 9.56. The predicted molar refractivity (Wildman–Crippen MR) is 65.0 cm³/mol. The van der Waals surface area contributed by atoms with E-state index in [1.807, 2.05) is 0 Å². The number of carbonyl (C=O) groups excluding carboxylic acids is 2. The second-order valence-electron chi connectivity index (χ2n) is 3.57. The van der Waals surface area contributed by atoms with Crippen molar-refractivity contribution in [2.75, 3.05) is 13.7 Å². The summed E-state index contributed by atoms with van der Waals surface area (Å²) in [6.07, 6.45) is -0.302. The molecule has 19 heavy (non-hydrogen) atoms. The van der Waals surface area contributed by atoms with Crippen LogP contribution in [-0.2, 0) is 20.7 Å². The van der Waals surface area contributed by atoms with Crippen molar-refractivity contribution in [1.29, 1.82) is 0 Å². The standard InChI is InChI=1S/C12H13NO6/c1-3-19-12(15)10(14)7-8-6-9(13(16)17)4-5-11(8)18-2/h4-6H,3,7H2,1-2H3. The van der Waals surface area contributed by atoms with Crippen LogP contribution >= 0.6 is 0 Å². The number of hydrogen-bond donors (Lipinski definition) is 0. The maximum atomic E-state index is 11.6. The number of carbonyl (C=O) groups is 2. The van der Waals surface area contributed by atoms with Crippen molar-refractivity contribution >= 4 is 17.4 Å². The van der Waals surface area contributed by atoms with Crippen molar-refractivity contribution in [2.24, 2.45) is 0 Å². The molecule has 102 valence electrons. The Morgan fingerprint density at radius 1 is 1.37 bits per heavy atom. The summed E-state index contributed by atoms with van der Waals surface area (Å²) >= 11 is 0. The largest absolute Gasteiger partial charge is 0.496 e. The van der Waals surface area contributed by atoms with E-state index in [0.717, 1.165) is 0 Å². The zero-order valence-corrected chi connectivity index (χ0v) is 10.5. The number of ether oxygens (including phenoxy) is 2. The molecule has 0 N–H and O–H groups in total. The van der Waals surface area contributed by atoms with Crippen LogP contribution in [0, 0.1) is 10.1 Å². The minimum absolute atomic E-state index is 0.0939. The Kier molecular flexibility index (Phi) is 4.99. The molecule has 0 spiro atoms. The summed E-state index contributed by atoms with van der Waals surface area (Å²) in [4.78, 5) is 32.8. The molecule has 1 rings (SSSR count). The maximum Gasteiger partial charge on any atom is 0.374 e. The molecular weight excluding hydrogens is 254 g/mol. The Hall–Kier alpha value is -2.44. The zero-order chi connectivity index (χ0) is 14.4. The van der Waals surface area contributed by atoms with E-state index >= 15 is 0 Å². The van der Waals surface area contributed by atoms with E-state index in [1.54, 1.807) is 6.92 Å². The lowest BCUT2D eigenvalue weighted by molar-refractivity contribution is -0.384. The molecule has 0 aliphatic carbocycles. The molecule has 0 saturated heterocycles. The van der Waals surface area contributed by atoms with Gasteiger partial charge in [-0.2, -0.15) is 0 Å². The normalized spacial score (nSPS) is 9.79. The Labute approximate surface area is 109 Å². The number of rotatable bonds is 6. The molecular formula is C12H13NO6. The molecule has 7 heteroatoms. The molecule has 0 aromatic heterocycles. The maximum absolute atomic E-state index is 11.6. The van der Waals surface area contributed by atoms with Crippen LogP contribution in [0.15, 0.2) is 18.2 Å². The Morgan fingerprint density at radius 2 is 2.05 bits per heavy atom. The van der Waals surface area contributed by atoms with Crippen LogP contribution in [0.4, 0.5) is 5.69 Å². The molecule has 7 nitrogen and oxygen atoms in total. The lowest BCUT2D eigenvalue weighted by Crippen LogP contribution is -2.19. The van der Waals surface area contributed by atoms with Gasteiger partial charge in [0, 0.05) is 24.1 Å². The van der Waals surface area contributed by atoms with E-state index < -0.39 is 16.7 Å². The number of hydrogen-bond acceptors (Lipinski definition) is 6. The lowest BCUT2D eigenvalue weighted by atomic mass is 10.1. The van der Waals surface area contributed by atoms with E-state index in [1.165, 1.54) is 25.3 Å². The molecule has 0 radical (unpaired) electrons. The number of nitrogens with zero attached hydrogens (tertiary/aromatic N) is 1. The first-order chi connectivity index (χ1) is 8.99. The SMILES string of the molecule is CCOC(=O)C(=O)Cc1cc([N+](=O)[O-])ccc1OC. The van der Waals surface area contributed by atoms with E-state index in [0.29, 0.717) is 5.75 Å². The van der Waals surface area contributed by atoms with Gasteiger partial charge in [0.15, 0.2) is 0 Å². The molecule has 0 aliphatic rings. The minimum Gasteiger partial charge on any atom is -0.496 e. The molecule has 0 saturated carbocycles. The molecule has 0 bridgehead atoms. The highest BCUT2D eigenvalue weighted by Gasteiger charge is 2.19. The number of nitro benzene ring substituents is 1. The van der Waals surface area contributed by atoms with Crippen LogP contribution in [0.1, 0.15) is 12.5 Å². The highest BCUT2D eigenvalue weighted by molar-refractivity contribution is 6.34. The molecule has 0 fully saturated rings. The average Bonchev–Trinajstić information content (AvgIpc) is 2.38. The second kappa shape index (κ2) is 6.48. The third kappa shape index (κ3) is 3.77. The predicted octanol–water partition coefficient (Wildman–Crippen LogP) is 1.28.